The van der Waals surface area contributed by atoms with Gasteiger partial charge in [0.2, 0.25) is 0 Å². The number of likely N-dealkylation sites (tertiary alicyclic amines) is 1. The standard InChI is InChI=1S/C15H30N2O2/c1-5-10-16-15(3,14(18)19-4)12-17-11-8-7-9-13(17)6-2/h13,16H,5-12H2,1-4H3. The topological polar surface area (TPSA) is 41.6 Å². The maximum Gasteiger partial charge on any atom is 0.327 e. The van der Waals surface area contributed by atoms with Crippen molar-refractivity contribution in [3.8, 4) is 0 Å². The average molecular weight is 270 g/mol. The third kappa shape index (κ3) is 4.46. The zero-order chi connectivity index (χ0) is 14.3. The van der Waals surface area contributed by atoms with Crippen molar-refractivity contribution in [1.82, 2.24) is 10.2 Å². The van der Waals surface area contributed by atoms with Crippen LogP contribution in [-0.2, 0) is 9.53 Å². The van der Waals surface area contributed by atoms with E-state index in [1.54, 1.807) is 0 Å². The van der Waals surface area contributed by atoms with Crippen LogP contribution in [0, 0.1) is 0 Å². The molecule has 0 aromatic heterocycles. The van der Waals surface area contributed by atoms with E-state index in [1.165, 1.54) is 26.4 Å². The van der Waals surface area contributed by atoms with Crippen LogP contribution in [0.4, 0.5) is 0 Å². The number of nitrogens with one attached hydrogen (secondary N) is 1. The molecule has 1 N–H and O–H groups in total. The number of carbonyl (C=O) groups excluding carboxylic acids is 1. The molecule has 0 aromatic carbocycles. The molecule has 0 amide bonds. The number of rotatable bonds is 7. The van der Waals surface area contributed by atoms with Crippen molar-refractivity contribution in [2.24, 2.45) is 0 Å². The number of nitrogens with zero attached hydrogens (tertiary/aromatic N) is 1. The van der Waals surface area contributed by atoms with Gasteiger partial charge in [-0.15, -0.1) is 0 Å². The van der Waals surface area contributed by atoms with Gasteiger partial charge in [0.15, 0.2) is 0 Å². The van der Waals surface area contributed by atoms with Crippen LogP contribution in [0.1, 0.15) is 52.9 Å². The average Bonchev–Trinajstić information content (AvgIpc) is 2.44. The van der Waals surface area contributed by atoms with Crippen LogP contribution in [0.3, 0.4) is 0 Å². The summed E-state index contributed by atoms with van der Waals surface area (Å²) in [7, 11) is 1.47. The normalized spacial score (nSPS) is 23.9. The second kappa shape index (κ2) is 7.85. The summed E-state index contributed by atoms with van der Waals surface area (Å²) in [5, 5.41) is 3.37. The summed E-state index contributed by atoms with van der Waals surface area (Å²) in [6.07, 6.45) is 5.98. The van der Waals surface area contributed by atoms with E-state index in [9.17, 15) is 4.79 Å². The van der Waals surface area contributed by atoms with Gasteiger partial charge in [-0.25, -0.2) is 0 Å². The van der Waals surface area contributed by atoms with Crippen LogP contribution in [-0.4, -0.2) is 49.2 Å². The third-order valence-corrected chi connectivity index (χ3v) is 4.14. The molecule has 19 heavy (non-hydrogen) atoms. The van der Waals surface area contributed by atoms with E-state index in [0.29, 0.717) is 6.04 Å². The van der Waals surface area contributed by atoms with Gasteiger partial charge in [-0.2, -0.15) is 0 Å². The van der Waals surface area contributed by atoms with E-state index in [0.717, 1.165) is 32.5 Å². The molecule has 0 radical (unpaired) electrons. The van der Waals surface area contributed by atoms with Crippen molar-refractivity contribution in [3.05, 3.63) is 0 Å². The first-order chi connectivity index (χ1) is 9.07. The molecule has 1 aliphatic rings. The van der Waals surface area contributed by atoms with E-state index in [2.05, 4.69) is 24.1 Å². The zero-order valence-corrected chi connectivity index (χ0v) is 13.0. The molecule has 2 unspecified atom stereocenters. The molecule has 1 aliphatic heterocycles. The zero-order valence-electron chi connectivity index (χ0n) is 13.0. The molecule has 1 fully saturated rings. The Labute approximate surface area is 117 Å². The van der Waals surface area contributed by atoms with Crippen LogP contribution in [0.25, 0.3) is 0 Å². The van der Waals surface area contributed by atoms with Gasteiger partial charge in [-0.1, -0.05) is 20.3 Å². The van der Waals surface area contributed by atoms with Crippen LogP contribution in [0.5, 0.6) is 0 Å². The summed E-state index contributed by atoms with van der Waals surface area (Å²) in [6.45, 7) is 9.00. The van der Waals surface area contributed by atoms with E-state index >= 15 is 0 Å². The molecular weight excluding hydrogens is 240 g/mol. The number of hydrogen-bond donors (Lipinski definition) is 1. The van der Waals surface area contributed by atoms with Crippen molar-refractivity contribution in [2.45, 2.75) is 64.5 Å². The summed E-state index contributed by atoms with van der Waals surface area (Å²) in [5.41, 5.74) is -0.588. The first kappa shape index (κ1) is 16.4. The second-order valence-electron chi connectivity index (χ2n) is 5.78. The van der Waals surface area contributed by atoms with Crippen molar-refractivity contribution in [1.29, 1.82) is 0 Å². The Bertz CT molecular complexity index is 283. The van der Waals surface area contributed by atoms with Gasteiger partial charge in [-0.3, -0.25) is 9.69 Å². The quantitative estimate of drug-likeness (QED) is 0.720. The highest BCUT2D eigenvalue weighted by Gasteiger charge is 2.37. The predicted molar refractivity (Wildman–Crippen MR) is 78.2 cm³/mol. The van der Waals surface area contributed by atoms with Crippen molar-refractivity contribution in [2.75, 3.05) is 26.7 Å². The monoisotopic (exact) mass is 270 g/mol. The van der Waals surface area contributed by atoms with Gasteiger partial charge in [-0.05, 0) is 45.7 Å². The lowest BCUT2D eigenvalue weighted by Crippen LogP contribution is -2.59. The molecule has 1 saturated heterocycles. The molecule has 0 saturated carbocycles. The van der Waals surface area contributed by atoms with Crippen LogP contribution in [0.2, 0.25) is 0 Å². The third-order valence-electron chi connectivity index (χ3n) is 4.14. The van der Waals surface area contributed by atoms with Gasteiger partial charge in [0.05, 0.1) is 7.11 Å². The van der Waals surface area contributed by atoms with Crippen molar-refractivity contribution in [3.63, 3.8) is 0 Å². The van der Waals surface area contributed by atoms with Gasteiger partial charge in [0.1, 0.15) is 5.54 Å². The number of carbonyl (C=O) groups is 1. The number of methoxy groups -OCH3 is 1. The van der Waals surface area contributed by atoms with E-state index in [4.69, 9.17) is 4.74 Å². The molecular formula is C15H30N2O2. The summed E-state index contributed by atoms with van der Waals surface area (Å²) >= 11 is 0. The Hall–Kier alpha value is -0.610. The SMILES string of the molecule is CCCNC(C)(CN1CCCCC1CC)C(=O)OC. The summed E-state index contributed by atoms with van der Waals surface area (Å²) < 4.78 is 4.99. The highest BCUT2D eigenvalue weighted by Crippen LogP contribution is 2.22. The fraction of sp³-hybridized carbons (Fsp3) is 0.933. The fourth-order valence-electron chi connectivity index (χ4n) is 2.96. The van der Waals surface area contributed by atoms with Crippen LogP contribution < -0.4 is 5.32 Å². The minimum atomic E-state index is -0.588. The lowest BCUT2D eigenvalue weighted by Gasteiger charge is -2.40. The first-order valence-electron chi connectivity index (χ1n) is 7.64. The summed E-state index contributed by atoms with van der Waals surface area (Å²) in [5.74, 6) is -0.152. The van der Waals surface area contributed by atoms with E-state index in [-0.39, 0.29) is 5.97 Å². The molecule has 112 valence electrons. The maximum absolute atomic E-state index is 12.1. The van der Waals surface area contributed by atoms with Crippen molar-refractivity contribution >= 4 is 5.97 Å². The molecule has 1 rings (SSSR count). The smallest absolute Gasteiger partial charge is 0.327 e. The molecule has 1 heterocycles. The summed E-state index contributed by atoms with van der Waals surface area (Å²) in [6, 6.07) is 0.612. The maximum atomic E-state index is 12.1. The lowest BCUT2D eigenvalue weighted by molar-refractivity contribution is -0.149. The number of esters is 1. The molecule has 0 spiro atoms. The van der Waals surface area contributed by atoms with Gasteiger partial charge >= 0.3 is 5.97 Å². The number of hydrogen-bond acceptors (Lipinski definition) is 4. The largest absolute Gasteiger partial charge is 0.468 e. The highest BCUT2D eigenvalue weighted by atomic mass is 16.5. The van der Waals surface area contributed by atoms with Gasteiger partial charge in [0, 0.05) is 12.6 Å². The van der Waals surface area contributed by atoms with Crippen LogP contribution >= 0.6 is 0 Å². The molecule has 2 atom stereocenters. The lowest BCUT2D eigenvalue weighted by atomic mass is 9.95. The second-order valence-corrected chi connectivity index (χ2v) is 5.78. The van der Waals surface area contributed by atoms with Crippen molar-refractivity contribution < 1.29 is 9.53 Å². The van der Waals surface area contributed by atoms with E-state index < -0.39 is 5.54 Å². The Morgan fingerprint density at radius 2 is 2.16 bits per heavy atom. The van der Waals surface area contributed by atoms with Gasteiger partial charge in [0.25, 0.3) is 0 Å². The molecule has 4 heteroatoms. The molecule has 0 aromatic rings. The minimum absolute atomic E-state index is 0.152. The Morgan fingerprint density at radius 3 is 2.74 bits per heavy atom. The molecule has 0 aliphatic carbocycles. The Balaban J connectivity index is 2.71. The summed E-state index contributed by atoms with van der Waals surface area (Å²) in [4.78, 5) is 14.6. The minimum Gasteiger partial charge on any atom is -0.468 e. The molecule has 0 bridgehead atoms. The highest BCUT2D eigenvalue weighted by molar-refractivity contribution is 5.80. The number of piperidine rings is 1. The van der Waals surface area contributed by atoms with Crippen LogP contribution in [0.15, 0.2) is 0 Å². The Morgan fingerprint density at radius 1 is 1.42 bits per heavy atom. The van der Waals surface area contributed by atoms with E-state index in [1.807, 2.05) is 6.92 Å². The predicted octanol–water partition coefficient (Wildman–Crippen LogP) is 2.18. The Kier molecular flexibility index (Phi) is 6.80. The first-order valence-corrected chi connectivity index (χ1v) is 7.64. The van der Waals surface area contributed by atoms with Gasteiger partial charge < -0.3 is 10.1 Å². The fourth-order valence-corrected chi connectivity index (χ4v) is 2.96. The molecule has 4 nitrogen and oxygen atoms in total. The number of ether oxygens (including phenoxy) is 1.